The van der Waals surface area contributed by atoms with Crippen molar-refractivity contribution < 1.29 is 22.7 Å². The van der Waals surface area contributed by atoms with Crippen LogP contribution >= 0.6 is 22.7 Å². The highest BCUT2D eigenvalue weighted by Crippen LogP contribution is 2.34. The lowest BCUT2D eigenvalue weighted by Gasteiger charge is -2.27. The minimum absolute atomic E-state index is 0.00943. The quantitative estimate of drug-likeness (QED) is 0.576. The Bertz CT molecular complexity index is 952. The minimum Gasteiger partial charge on any atom is -0.491 e. The molecule has 0 fully saturated rings. The molecule has 3 aromatic rings. The molecule has 0 amide bonds. The highest BCUT2D eigenvalue weighted by molar-refractivity contribution is 7.89. The summed E-state index contributed by atoms with van der Waals surface area (Å²) in [7, 11) is -4.03. The van der Waals surface area contributed by atoms with E-state index in [1.54, 1.807) is 30.5 Å². The maximum absolute atomic E-state index is 14.0. The van der Waals surface area contributed by atoms with Crippen molar-refractivity contribution in [3.05, 3.63) is 68.8 Å². The van der Waals surface area contributed by atoms with E-state index in [-0.39, 0.29) is 23.8 Å². The second-order valence-corrected chi connectivity index (χ2v) is 9.19. The van der Waals surface area contributed by atoms with Gasteiger partial charge in [0.25, 0.3) is 0 Å². The van der Waals surface area contributed by atoms with Crippen LogP contribution in [0.2, 0.25) is 0 Å². The Morgan fingerprint density at radius 3 is 2.67 bits per heavy atom. The Labute approximate surface area is 165 Å². The van der Waals surface area contributed by atoms with Gasteiger partial charge in [-0.05, 0) is 53.4 Å². The standard InChI is InChI=1S/C18H18FNO4S3/c1-2-24-16-6-5-14(10-15(16)19)27(22,23)20-12-18(21,13-7-9-25-11-13)17-4-3-8-26-17/h3-11,20-21H,2,12H2,1H3. The molecule has 1 aromatic carbocycles. The summed E-state index contributed by atoms with van der Waals surface area (Å²) in [5.74, 6) is -0.768. The fraction of sp³-hybridized carbons (Fsp3) is 0.222. The number of aliphatic hydroxyl groups is 1. The van der Waals surface area contributed by atoms with Crippen LogP contribution in [0, 0.1) is 5.82 Å². The van der Waals surface area contributed by atoms with Crippen molar-refractivity contribution in [3.63, 3.8) is 0 Å². The third kappa shape index (κ3) is 4.22. The molecule has 0 aliphatic carbocycles. The first-order chi connectivity index (χ1) is 12.9. The molecule has 2 N–H and O–H groups in total. The van der Waals surface area contributed by atoms with E-state index >= 15 is 0 Å². The van der Waals surface area contributed by atoms with E-state index in [4.69, 9.17) is 4.74 Å². The van der Waals surface area contributed by atoms with Gasteiger partial charge in [-0.15, -0.1) is 11.3 Å². The summed E-state index contributed by atoms with van der Waals surface area (Å²) in [6.07, 6.45) is 0. The van der Waals surface area contributed by atoms with E-state index < -0.39 is 21.4 Å². The topological polar surface area (TPSA) is 75.6 Å². The van der Waals surface area contributed by atoms with Crippen molar-refractivity contribution in [1.82, 2.24) is 4.72 Å². The van der Waals surface area contributed by atoms with Gasteiger partial charge < -0.3 is 9.84 Å². The zero-order chi connectivity index (χ0) is 19.5. The molecule has 0 saturated heterocycles. The summed E-state index contributed by atoms with van der Waals surface area (Å²) in [6.45, 7) is 1.71. The van der Waals surface area contributed by atoms with Crippen LogP contribution in [0.15, 0.2) is 57.4 Å². The van der Waals surface area contributed by atoms with Gasteiger partial charge in [0.05, 0.1) is 11.5 Å². The van der Waals surface area contributed by atoms with Crippen molar-refractivity contribution >= 4 is 32.7 Å². The largest absolute Gasteiger partial charge is 0.491 e. The molecule has 0 aliphatic heterocycles. The van der Waals surface area contributed by atoms with Gasteiger partial charge in [0.15, 0.2) is 11.6 Å². The van der Waals surface area contributed by atoms with Crippen LogP contribution in [-0.4, -0.2) is 26.7 Å². The zero-order valence-electron chi connectivity index (χ0n) is 14.4. The molecule has 0 spiro atoms. The molecule has 27 heavy (non-hydrogen) atoms. The molecule has 3 rings (SSSR count). The first-order valence-electron chi connectivity index (χ1n) is 8.08. The van der Waals surface area contributed by atoms with Crippen LogP contribution < -0.4 is 9.46 Å². The summed E-state index contributed by atoms with van der Waals surface area (Å²) in [5, 5.41) is 16.6. The van der Waals surface area contributed by atoms with Crippen molar-refractivity contribution in [2.75, 3.05) is 13.2 Å². The predicted octanol–water partition coefficient (Wildman–Crippen LogP) is 3.56. The van der Waals surface area contributed by atoms with Crippen LogP contribution in [-0.2, 0) is 15.6 Å². The van der Waals surface area contributed by atoms with Gasteiger partial charge in [0.2, 0.25) is 10.0 Å². The van der Waals surface area contributed by atoms with Crippen LogP contribution in [0.1, 0.15) is 17.4 Å². The lowest BCUT2D eigenvalue weighted by molar-refractivity contribution is 0.0903. The number of thiophene rings is 2. The van der Waals surface area contributed by atoms with E-state index in [2.05, 4.69) is 4.72 Å². The van der Waals surface area contributed by atoms with Gasteiger partial charge in [0, 0.05) is 17.0 Å². The molecule has 2 heterocycles. The van der Waals surface area contributed by atoms with Gasteiger partial charge in [0.1, 0.15) is 5.60 Å². The summed E-state index contributed by atoms with van der Waals surface area (Å²) in [4.78, 5) is 0.378. The number of benzene rings is 1. The second kappa shape index (κ2) is 8.07. The second-order valence-electron chi connectivity index (χ2n) is 5.70. The van der Waals surface area contributed by atoms with E-state index in [0.29, 0.717) is 10.4 Å². The first kappa shape index (κ1) is 20.0. The van der Waals surface area contributed by atoms with Crippen LogP contribution in [0.3, 0.4) is 0 Å². The predicted molar refractivity (Wildman–Crippen MR) is 104 cm³/mol. The number of hydrogen-bond donors (Lipinski definition) is 2. The maximum Gasteiger partial charge on any atom is 0.240 e. The number of ether oxygens (including phenoxy) is 1. The molecule has 2 aromatic heterocycles. The van der Waals surface area contributed by atoms with Gasteiger partial charge in [-0.2, -0.15) is 11.3 Å². The van der Waals surface area contributed by atoms with E-state index in [1.807, 2.05) is 10.8 Å². The van der Waals surface area contributed by atoms with Gasteiger partial charge >= 0.3 is 0 Å². The smallest absolute Gasteiger partial charge is 0.240 e. The molecule has 1 unspecified atom stereocenters. The van der Waals surface area contributed by atoms with E-state index in [0.717, 1.165) is 6.07 Å². The third-order valence-corrected chi connectivity index (χ3v) is 7.06. The van der Waals surface area contributed by atoms with Crippen molar-refractivity contribution in [2.45, 2.75) is 17.4 Å². The SMILES string of the molecule is CCOc1ccc(S(=O)(=O)NCC(O)(c2ccsc2)c2cccs2)cc1F. The normalized spacial score (nSPS) is 14.0. The Hall–Kier alpha value is -1.78. The number of halogens is 1. The zero-order valence-corrected chi connectivity index (χ0v) is 16.8. The molecule has 5 nitrogen and oxygen atoms in total. The Morgan fingerprint density at radius 2 is 2.07 bits per heavy atom. The fourth-order valence-corrected chi connectivity index (χ4v) is 5.19. The van der Waals surface area contributed by atoms with E-state index in [1.165, 1.54) is 34.8 Å². The summed E-state index contributed by atoms with van der Waals surface area (Å²) in [5.41, 5.74) is -0.916. The summed E-state index contributed by atoms with van der Waals surface area (Å²) < 4.78 is 46.7. The summed E-state index contributed by atoms with van der Waals surface area (Å²) >= 11 is 2.73. The van der Waals surface area contributed by atoms with Crippen molar-refractivity contribution in [3.8, 4) is 5.75 Å². The molecule has 144 valence electrons. The monoisotopic (exact) mass is 427 g/mol. The van der Waals surface area contributed by atoms with Crippen LogP contribution in [0.5, 0.6) is 5.75 Å². The first-order valence-corrected chi connectivity index (χ1v) is 11.4. The van der Waals surface area contributed by atoms with Crippen molar-refractivity contribution in [2.24, 2.45) is 0 Å². The average Bonchev–Trinajstić information content (AvgIpc) is 3.35. The van der Waals surface area contributed by atoms with Crippen molar-refractivity contribution in [1.29, 1.82) is 0 Å². The lowest BCUT2D eigenvalue weighted by atomic mass is 9.95. The van der Waals surface area contributed by atoms with Gasteiger partial charge in [-0.25, -0.2) is 17.5 Å². The van der Waals surface area contributed by atoms with Crippen LogP contribution in [0.25, 0.3) is 0 Å². The lowest BCUT2D eigenvalue weighted by Crippen LogP contribution is -2.40. The fourth-order valence-electron chi connectivity index (χ4n) is 2.55. The molecule has 0 radical (unpaired) electrons. The Morgan fingerprint density at radius 1 is 1.26 bits per heavy atom. The minimum atomic E-state index is -4.03. The number of rotatable bonds is 8. The van der Waals surface area contributed by atoms with E-state index in [9.17, 15) is 17.9 Å². The molecule has 0 aliphatic rings. The molecule has 1 atom stereocenters. The van der Waals surface area contributed by atoms with Gasteiger partial charge in [-0.3, -0.25) is 0 Å². The van der Waals surface area contributed by atoms with Crippen LogP contribution in [0.4, 0.5) is 4.39 Å². The molecule has 0 saturated carbocycles. The molecular weight excluding hydrogens is 409 g/mol. The summed E-state index contributed by atoms with van der Waals surface area (Å²) in [6, 6.07) is 8.72. The Balaban J connectivity index is 1.86. The highest BCUT2D eigenvalue weighted by Gasteiger charge is 2.35. The maximum atomic E-state index is 14.0. The average molecular weight is 428 g/mol. The highest BCUT2D eigenvalue weighted by atomic mass is 32.2. The Kier molecular flexibility index (Phi) is 5.97. The molecule has 0 bridgehead atoms. The number of sulfonamides is 1. The molecular formula is C18H18FNO4S3. The number of hydrogen-bond acceptors (Lipinski definition) is 6. The third-order valence-electron chi connectivity index (χ3n) is 3.96. The molecule has 9 heteroatoms. The number of nitrogens with one attached hydrogen (secondary N) is 1. The van der Waals surface area contributed by atoms with Gasteiger partial charge in [-0.1, -0.05) is 6.07 Å².